The smallest absolute Gasteiger partial charge is 0.248 e. The van der Waals surface area contributed by atoms with Gasteiger partial charge in [-0.05, 0) is 104 Å². The summed E-state index contributed by atoms with van der Waals surface area (Å²) in [5.74, 6) is 5.05. The summed E-state index contributed by atoms with van der Waals surface area (Å²) in [6.07, 6.45) is 3.66. The van der Waals surface area contributed by atoms with E-state index < -0.39 is 0 Å². The molecule has 9 rings (SSSR count). The molecule has 12 nitrogen and oxygen atoms in total. The lowest BCUT2D eigenvalue weighted by Gasteiger charge is -2.38. The van der Waals surface area contributed by atoms with E-state index in [9.17, 15) is 15.0 Å². The van der Waals surface area contributed by atoms with Crippen molar-refractivity contribution in [1.29, 1.82) is 0 Å². The molecule has 3 fully saturated rings. The van der Waals surface area contributed by atoms with E-state index in [1.807, 2.05) is 36.1 Å². The average molecular weight is 837 g/mol. The van der Waals surface area contributed by atoms with Gasteiger partial charge in [-0.15, -0.1) is 0 Å². The van der Waals surface area contributed by atoms with Gasteiger partial charge in [0.15, 0.2) is 11.6 Å². The summed E-state index contributed by atoms with van der Waals surface area (Å²) in [5, 5.41) is 26.0. The van der Waals surface area contributed by atoms with E-state index in [2.05, 4.69) is 79.2 Å². The molecule has 2 aromatic heterocycles. The predicted molar refractivity (Wildman–Crippen MR) is 248 cm³/mol. The van der Waals surface area contributed by atoms with Crippen LogP contribution in [0.1, 0.15) is 51.2 Å². The van der Waals surface area contributed by atoms with Gasteiger partial charge in [0, 0.05) is 63.1 Å². The number of hydrogen-bond donors (Lipinski definition) is 3. The van der Waals surface area contributed by atoms with E-state index in [1.165, 1.54) is 12.8 Å². The monoisotopic (exact) mass is 836 g/mol. The highest BCUT2D eigenvalue weighted by Crippen LogP contribution is 2.36. The first kappa shape index (κ1) is 42.8. The molecule has 4 aromatic carbocycles. The molecular weight excluding hydrogens is 777 g/mol. The zero-order valence-electron chi connectivity index (χ0n) is 36.7. The molecule has 3 N–H and O–H groups in total. The Bertz CT molecular complexity index is 2520. The number of nitrogens with zero attached hydrogens (tertiary/aromatic N) is 7. The Balaban J connectivity index is 0.000000189. The van der Waals surface area contributed by atoms with Crippen molar-refractivity contribution in [3.63, 3.8) is 0 Å². The summed E-state index contributed by atoms with van der Waals surface area (Å²) in [7, 11) is 0. The highest BCUT2D eigenvalue weighted by atomic mass is 16.5. The zero-order chi connectivity index (χ0) is 43.3. The zero-order valence-corrected chi connectivity index (χ0v) is 36.7. The van der Waals surface area contributed by atoms with E-state index in [0.29, 0.717) is 66.7 Å². The summed E-state index contributed by atoms with van der Waals surface area (Å²) in [6.45, 7) is 17.4. The van der Waals surface area contributed by atoms with E-state index >= 15 is 0 Å². The van der Waals surface area contributed by atoms with Crippen LogP contribution in [-0.4, -0.2) is 106 Å². The number of aromatic nitrogens is 4. The van der Waals surface area contributed by atoms with Crippen LogP contribution in [0.25, 0.3) is 44.6 Å². The second-order valence-electron chi connectivity index (χ2n) is 17.6. The lowest BCUT2D eigenvalue weighted by Crippen LogP contribution is -2.50. The number of benzene rings is 4. The maximum absolute atomic E-state index is 13.1. The fourth-order valence-corrected chi connectivity index (χ4v) is 9.11. The number of aromatic hydroxyl groups is 2. The Morgan fingerprint density at radius 1 is 0.710 bits per heavy atom. The van der Waals surface area contributed by atoms with Gasteiger partial charge in [0.1, 0.15) is 29.7 Å². The van der Waals surface area contributed by atoms with Crippen LogP contribution in [-0.2, 0) is 9.53 Å². The maximum Gasteiger partial charge on any atom is 0.248 e. The molecule has 62 heavy (non-hydrogen) atoms. The van der Waals surface area contributed by atoms with Gasteiger partial charge in [-0.25, -0.2) is 19.9 Å². The molecule has 0 radical (unpaired) electrons. The largest absolute Gasteiger partial charge is 0.507 e. The quantitative estimate of drug-likeness (QED) is 0.137. The minimum atomic E-state index is 0.0726. The molecule has 4 heterocycles. The standard InChI is InChI=1S/C31H40N4O3.C19H20N4O/c1-20(2)23-11-9-22(4)18-28(23)38-19-29(37)34-13-15-35(16-14-34)31-24-12-10-21(3)17-26(24)32-30(33-31)25-7-5-6-8-27(25)36;1-13-6-7-14-16(12-13)21-18(15-4-2-3-5-17(15)24)22-19(14)23-10-8-20-9-11-23/h5-8,10,12,17,20,22-23,28,36H,9,11,13-16,18-19H2,1-4H3;2-7,12,20,24H,8-11H2,1H3. The van der Waals surface area contributed by atoms with E-state index in [0.717, 1.165) is 77.2 Å². The number of aryl methyl sites for hydroxylation is 2. The van der Waals surface area contributed by atoms with Gasteiger partial charge in [0.05, 0.1) is 28.3 Å². The second kappa shape index (κ2) is 19.0. The number of carbonyl (C=O) groups is 1. The second-order valence-corrected chi connectivity index (χ2v) is 17.6. The molecule has 1 aliphatic carbocycles. The van der Waals surface area contributed by atoms with E-state index in [4.69, 9.17) is 24.7 Å². The van der Waals surface area contributed by atoms with Crippen molar-refractivity contribution in [2.24, 2.45) is 17.8 Å². The number of hydrogen-bond acceptors (Lipinski definition) is 11. The third-order valence-corrected chi connectivity index (χ3v) is 12.7. The van der Waals surface area contributed by atoms with Gasteiger partial charge >= 0.3 is 0 Å². The van der Waals surface area contributed by atoms with Crippen LogP contribution in [0.2, 0.25) is 0 Å². The van der Waals surface area contributed by atoms with Gasteiger partial charge in [-0.1, -0.05) is 63.6 Å². The minimum Gasteiger partial charge on any atom is -0.507 e. The number of piperazine rings is 2. The number of phenolic OH excluding ortho intramolecular Hbond substituents is 2. The lowest BCUT2D eigenvalue weighted by molar-refractivity contribution is -0.141. The number of phenols is 2. The third kappa shape index (κ3) is 9.61. The highest BCUT2D eigenvalue weighted by molar-refractivity contribution is 5.93. The summed E-state index contributed by atoms with van der Waals surface area (Å²) in [4.78, 5) is 38.7. The molecule has 1 saturated carbocycles. The number of ether oxygens (including phenoxy) is 1. The molecule has 12 heteroatoms. The normalized spacial score (nSPS) is 19.5. The molecule has 3 unspecified atom stereocenters. The summed E-state index contributed by atoms with van der Waals surface area (Å²) < 4.78 is 6.25. The van der Waals surface area contributed by atoms with Crippen molar-refractivity contribution in [3.05, 3.63) is 96.1 Å². The van der Waals surface area contributed by atoms with Crippen LogP contribution in [0.15, 0.2) is 84.9 Å². The van der Waals surface area contributed by atoms with E-state index in [1.54, 1.807) is 24.3 Å². The molecule has 0 spiro atoms. The average Bonchev–Trinajstić information content (AvgIpc) is 3.28. The Hall–Kier alpha value is -5.85. The molecule has 1 amide bonds. The molecule has 2 aliphatic heterocycles. The van der Waals surface area contributed by atoms with Crippen LogP contribution < -0.4 is 15.1 Å². The Kier molecular flexibility index (Phi) is 13.2. The first-order valence-corrected chi connectivity index (χ1v) is 22.3. The van der Waals surface area contributed by atoms with Crippen LogP contribution in [0, 0.1) is 31.6 Å². The molecule has 324 valence electrons. The van der Waals surface area contributed by atoms with E-state index in [-0.39, 0.29) is 30.1 Å². The summed E-state index contributed by atoms with van der Waals surface area (Å²) in [6, 6.07) is 26.8. The summed E-state index contributed by atoms with van der Waals surface area (Å²) >= 11 is 0. The number of anilines is 2. The van der Waals surface area contributed by atoms with Crippen LogP contribution in [0.3, 0.4) is 0 Å². The molecule has 2 saturated heterocycles. The van der Waals surface area contributed by atoms with Gasteiger partial charge in [0.2, 0.25) is 5.91 Å². The third-order valence-electron chi connectivity index (χ3n) is 12.7. The van der Waals surface area contributed by atoms with Crippen LogP contribution in [0.4, 0.5) is 11.6 Å². The molecule has 3 atom stereocenters. The van der Waals surface area contributed by atoms with Crippen molar-refractivity contribution in [3.8, 4) is 34.3 Å². The van der Waals surface area contributed by atoms with Gasteiger partial charge in [0.25, 0.3) is 0 Å². The number of rotatable bonds is 8. The van der Waals surface area contributed by atoms with Crippen molar-refractivity contribution >= 4 is 39.3 Å². The van der Waals surface area contributed by atoms with Gasteiger partial charge < -0.3 is 35.0 Å². The molecular formula is C50H60N8O4. The van der Waals surface area contributed by atoms with Crippen molar-refractivity contribution in [2.45, 2.75) is 60.0 Å². The number of para-hydroxylation sites is 2. The number of carbonyl (C=O) groups excluding carboxylic acids is 1. The summed E-state index contributed by atoms with van der Waals surface area (Å²) in [5.41, 5.74) is 5.32. The molecule has 6 aromatic rings. The number of nitrogens with one attached hydrogen (secondary N) is 1. The van der Waals surface area contributed by atoms with Crippen LogP contribution >= 0.6 is 0 Å². The fourth-order valence-electron chi connectivity index (χ4n) is 9.11. The van der Waals surface area contributed by atoms with Gasteiger partial charge in [-0.3, -0.25) is 4.79 Å². The topological polar surface area (TPSA) is 140 Å². The van der Waals surface area contributed by atoms with Gasteiger partial charge in [-0.2, -0.15) is 0 Å². The molecule has 3 aliphatic rings. The minimum absolute atomic E-state index is 0.0726. The fraction of sp³-hybridized carbons (Fsp3) is 0.420. The maximum atomic E-state index is 13.1. The van der Waals surface area contributed by atoms with Crippen LogP contribution in [0.5, 0.6) is 11.5 Å². The highest BCUT2D eigenvalue weighted by Gasteiger charge is 2.33. The Morgan fingerprint density at radius 2 is 1.23 bits per heavy atom. The first-order chi connectivity index (χ1) is 30.0. The predicted octanol–water partition coefficient (Wildman–Crippen LogP) is 8.16. The van der Waals surface area contributed by atoms with Crippen molar-refractivity contribution < 1.29 is 19.7 Å². The van der Waals surface area contributed by atoms with Crippen molar-refractivity contribution in [2.75, 3.05) is 68.8 Å². The number of amides is 1. The Morgan fingerprint density at radius 3 is 1.74 bits per heavy atom. The Labute approximate surface area is 365 Å². The van der Waals surface area contributed by atoms with Crippen molar-refractivity contribution in [1.82, 2.24) is 30.2 Å². The number of fused-ring (bicyclic) bond motifs is 2. The first-order valence-electron chi connectivity index (χ1n) is 22.3. The lowest BCUT2D eigenvalue weighted by atomic mass is 9.75. The SMILES string of the molecule is Cc1ccc2c(N3CCN(C(=O)COC4CC(C)CCC4C(C)C)CC3)nc(-c3ccccc3O)nc2c1.Cc1ccc2c(N3CCNCC3)nc(-c3ccccc3O)nc2c1. The molecule has 0 bridgehead atoms.